The van der Waals surface area contributed by atoms with E-state index in [1.54, 1.807) is 0 Å². The standard InChI is InChI=1S/C6H9NO4/c1-11-6(10)3-4(7)2-5(8)9/h3H,2,7H2,1H3,(H,8,9)/b4-3+. The molecule has 0 aromatic rings. The van der Waals surface area contributed by atoms with Gasteiger partial charge in [-0.2, -0.15) is 0 Å². The van der Waals surface area contributed by atoms with Crippen LogP contribution in [-0.2, 0) is 14.3 Å². The molecule has 0 aromatic heterocycles. The molecule has 0 spiro atoms. The molecule has 0 atom stereocenters. The largest absolute Gasteiger partial charge is 0.481 e. The molecule has 3 N–H and O–H groups in total. The number of carboxylic acids is 1. The second-order valence-electron chi connectivity index (χ2n) is 1.81. The van der Waals surface area contributed by atoms with Crippen LogP contribution in [0.4, 0.5) is 0 Å². The molecule has 0 saturated carbocycles. The fraction of sp³-hybridized carbons (Fsp3) is 0.333. The first kappa shape index (κ1) is 9.48. The van der Waals surface area contributed by atoms with E-state index in [1.807, 2.05) is 0 Å². The Labute approximate surface area is 63.4 Å². The van der Waals surface area contributed by atoms with E-state index >= 15 is 0 Å². The van der Waals surface area contributed by atoms with Crippen LogP contribution in [-0.4, -0.2) is 24.2 Å². The molecule has 62 valence electrons. The van der Waals surface area contributed by atoms with Gasteiger partial charge in [0, 0.05) is 11.8 Å². The Morgan fingerprint density at radius 2 is 2.18 bits per heavy atom. The molecule has 0 unspecified atom stereocenters. The number of hydrogen-bond acceptors (Lipinski definition) is 4. The molecule has 0 aromatic carbocycles. The Bertz CT molecular complexity index is 197. The van der Waals surface area contributed by atoms with E-state index in [4.69, 9.17) is 10.8 Å². The quantitative estimate of drug-likeness (QED) is 0.427. The number of carboxylic acid groups (broad SMARTS) is 1. The van der Waals surface area contributed by atoms with Crippen molar-refractivity contribution in [2.45, 2.75) is 6.42 Å². The molecule has 0 bridgehead atoms. The van der Waals surface area contributed by atoms with Crippen molar-refractivity contribution >= 4 is 11.9 Å². The predicted octanol–water partition coefficient (Wildman–Crippen LogP) is -0.523. The maximum atomic E-state index is 10.4. The van der Waals surface area contributed by atoms with E-state index in [0.29, 0.717) is 0 Å². The highest BCUT2D eigenvalue weighted by molar-refractivity contribution is 5.83. The summed E-state index contributed by atoms with van der Waals surface area (Å²) in [6, 6.07) is 0. The summed E-state index contributed by atoms with van der Waals surface area (Å²) in [5.74, 6) is -1.73. The molecule has 0 rings (SSSR count). The summed E-state index contributed by atoms with van der Waals surface area (Å²) in [6.45, 7) is 0. The molecule has 0 aliphatic carbocycles. The van der Waals surface area contributed by atoms with E-state index in [2.05, 4.69) is 4.74 Å². The van der Waals surface area contributed by atoms with Gasteiger partial charge in [0.1, 0.15) is 0 Å². The molecule has 11 heavy (non-hydrogen) atoms. The van der Waals surface area contributed by atoms with Crippen molar-refractivity contribution < 1.29 is 19.4 Å². The molecule has 5 nitrogen and oxygen atoms in total. The molecule has 0 radical (unpaired) electrons. The molecule has 0 saturated heterocycles. The topological polar surface area (TPSA) is 89.6 Å². The number of nitrogens with two attached hydrogens (primary N) is 1. The summed E-state index contributed by atoms with van der Waals surface area (Å²) in [5, 5.41) is 8.20. The lowest BCUT2D eigenvalue weighted by atomic mass is 10.3. The van der Waals surface area contributed by atoms with E-state index in [0.717, 1.165) is 6.08 Å². The van der Waals surface area contributed by atoms with Gasteiger partial charge >= 0.3 is 11.9 Å². The average Bonchev–Trinajstić information content (AvgIpc) is 1.85. The third-order valence-electron chi connectivity index (χ3n) is 0.860. The van der Waals surface area contributed by atoms with Gasteiger partial charge in [-0.25, -0.2) is 4.79 Å². The number of methoxy groups -OCH3 is 1. The minimum absolute atomic E-state index is 0.0237. The monoisotopic (exact) mass is 159 g/mol. The zero-order valence-corrected chi connectivity index (χ0v) is 6.03. The van der Waals surface area contributed by atoms with Gasteiger partial charge in [0.2, 0.25) is 0 Å². The van der Waals surface area contributed by atoms with Crippen LogP contribution in [0.3, 0.4) is 0 Å². The number of carbonyl (C=O) groups is 2. The zero-order valence-electron chi connectivity index (χ0n) is 6.03. The third kappa shape index (κ3) is 4.95. The van der Waals surface area contributed by atoms with Crippen LogP contribution in [0.1, 0.15) is 6.42 Å². The van der Waals surface area contributed by atoms with Crippen LogP contribution in [0.15, 0.2) is 11.8 Å². The number of hydrogen-bond donors (Lipinski definition) is 2. The lowest BCUT2D eigenvalue weighted by molar-refractivity contribution is -0.136. The molecular weight excluding hydrogens is 150 g/mol. The van der Waals surface area contributed by atoms with Gasteiger partial charge < -0.3 is 15.6 Å². The highest BCUT2D eigenvalue weighted by Gasteiger charge is 2.01. The van der Waals surface area contributed by atoms with Crippen LogP contribution < -0.4 is 5.73 Å². The summed E-state index contributed by atoms with van der Waals surface area (Å²) in [6.07, 6.45) is 0.587. The van der Waals surface area contributed by atoms with Gasteiger partial charge in [0.15, 0.2) is 0 Å². The maximum Gasteiger partial charge on any atom is 0.332 e. The molecule has 0 aliphatic heterocycles. The Morgan fingerprint density at radius 3 is 2.55 bits per heavy atom. The Morgan fingerprint density at radius 1 is 1.64 bits per heavy atom. The zero-order chi connectivity index (χ0) is 8.85. The lowest BCUT2D eigenvalue weighted by Crippen LogP contribution is -2.08. The average molecular weight is 159 g/mol. The van der Waals surface area contributed by atoms with Crippen molar-refractivity contribution in [3.05, 3.63) is 11.8 Å². The molecular formula is C6H9NO4. The minimum Gasteiger partial charge on any atom is -0.481 e. The van der Waals surface area contributed by atoms with Gasteiger partial charge in [-0.3, -0.25) is 4.79 Å². The summed E-state index contributed by atoms with van der Waals surface area (Å²) < 4.78 is 4.21. The SMILES string of the molecule is COC(=O)/C=C(/N)CC(=O)O. The van der Waals surface area contributed by atoms with E-state index in [9.17, 15) is 9.59 Å². The van der Waals surface area contributed by atoms with Crippen molar-refractivity contribution in [2.75, 3.05) is 7.11 Å². The molecule has 0 heterocycles. The summed E-state index contributed by atoms with van der Waals surface area (Å²) in [4.78, 5) is 20.4. The number of aliphatic carboxylic acids is 1. The second-order valence-corrected chi connectivity index (χ2v) is 1.81. The van der Waals surface area contributed by atoms with Crippen molar-refractivity contribution in [2.24, 2.45) is 5.73 Å². The van der Waals surface area contributed by atoms with Gasteiger partial charge in [0.05, 0.1) is 13.5 Å². The summed E-state index contributed by atoms with van der Waals surface area (Å²) >= 11 is 0. The molecule has 5 heteroatoms. The maximum absolute atomic E-state index is 10.4. The van der Waals surface area contributed by atoms with Crippen LogP contribution in [0.5, 0.6) is 0 Å². The fourth-order valence-electron chi connectivity index (χ4n) is 0.436. The smallest absolute Gasteiger partial charge is 0.332 e. The Hall–Kier alpha value is -1.52. The first-order chi connectivity index (χ1) is 5.06. The Kier molecular flexibility index (Phi) is 3.72. The summed E-state index contributed by atoms with van der Waals surface area (Å²) in [5.41, 5.74) is 5.11. The van der Waals surface area contributed by atoms with E-state index < -0.39 is 11.9 Å². The summed E-state index contributed by atoms with van der Waals surface area (Å²) in [7, 11) is 1.19. The highest BCUT2D eigenvalue weighted by atomic mass is 16.5. The number of esters is 1. The van der Waals surface area contributed by atoms with Crippen molar-refractivity contribution in [3.8, 4) is 0 Å². The predicted molar refractivity (Wildman–Crippen MR) is 36.5 cm³/mol. The molecule has 0 fully saturated rings. The third-order valence-corrected chi connectivity index (χ3v) is 0.860. The van der Waals surface area contributed by atoms with Gasteiger partial charge in [-0.1, -0.05) is 0 Å². The van der Waals surface area contributed by atoms with Gasteiger partial charge in [-0.05, 0) is 0 Å². The van der Waals surface area contributed by atoms with Crippen molar-refractivity contribution in [1.29, 1.82) is 0 Å². The van der Waals surface area contributed by atoms with Crippen LogP contribution in [0.2, 0.25) is 0 Å². The first-order valence-corrected chi connectivity index (χ1v) is 2.82. The number of ether oxygens (including phenoxy) is 1. The van der Waals surface area contributed by atoms with E-state index in [-0.39, 0.29) is 12.1 Å². The van der Waals surface area contributed by atoms with Crippen molar-refractivity contribution in [1.82, 2.24) is 0 Å². The normalized spacial score (nSPS) is 10.8. The van der Waals surface area contributed by atoms with Gasteiger partial charge in [0.25, 0.3) is 0 Å². The second kappa shape index (κ2) is 4.32. The van der Waals surface area contributed by atoms with Crippen LogP contribution >= 0.6 is 0 Å². The fourth-order valence-corrected chi connectivity index (χ4v) is 0.436. The first-order valence-electron chi connectivity index (χ1n) is 2.82. The molecule has 0 amide bonds. The lowest BCUT2D eigenvalue weighted by Gasteiger charge is -1.94. The van der Waals surface area contributed by atoms with Crippen LogP contribution in [0, 0.1) is 0 Å². The van der Waals surface area contributed by atoms with Crippen molar-refractivity contribution in [3.63, 3.8) is 0 Å². The molecule has 0 aliphatic rings. The van der Waals surface area contributed by atoms with Crippen LogP contribution in [0.25, 0.3) is 0 Å². The number of carbonyl (C=O) groups excluding carboxylic acids is 1. The van der Waals surface area contributed by atoms with Gasteiger partial charge in [-0.15, -0.1) is 0 Å². The highest BCUT2D eigenvalue weighted by Crippen LogP contribution is 1.92. The van der Waals surface area contributed by atoms with E-state index in [1.165, 1.54) is 7.11 Å². The Balaban J connectivity index is 4.00. The minimum atomic E-state index is -1.08. The number of rotatable bonds is 3.